The number of carbonyl (C=O) groups excluding carboxylic acids is 2. The number of fused-ring (bicyclic) bond motifs is 1. The molecule has 0 aromatic heterocycles. The van der Waals surface area contributed by atoms with Gasteiger partial charge in [0, 0.05) is 44.3 Å². The van der Waals surface area contributed by atoms with Crippen LogP contribution in [0.2, 0.25) is 0 Å². The predicted molar refractivity (Wildman–Crippen MR) is 77.9 cm³/mol. The zero-order valence-corrected chi connectivity index (χ0v) is 12.3. The van der Waals surface area contributed by atoms with E-state index in [4.69, 9.17) is 14.2 Å². The van der Waals surface area contributed by atoms with E-state index in [1.165, 1.54) is 7.11 Å². The van der Waals surface area contributed by atoms with Gasteiger partial charge < -0.3 is 24.4 Å². The molecular formula is C15H18N2O5. The first-order chi connectivity index (χ1) is 10.7. The third-order valence-electron chi connectivity index (χ3n) is 3.74. The molecule has 0 aliphatic carbocycles. The van der Waals surface area contributed by atoms with Gasteiger partial charge in [-0.15, -0.1) is 0 Å². The predicted octanol–water partition coefficient (Wildman–Crippen LogP) is 0.531. The van der Waals surface area contributed by atoms with Gasteiger partial charge in [-0.05, 0) is 12.1 Å². The molecule has 7 heteroatoms. The van der Waals surface area contributed by atoms with Gasteiger partial charge in [-0.25, -0.2) is 0 Å². The lowest BCUT2D eigenvalue weighted by Gasteiger charge is -2.17. The van der Waals surface area contributed by atoms with Crippen molar-refractivity contribution in [1.29, 1.82) is 0 Å². The lowest BCUT2D eigenvalue weighted by atomic mass is 10.1. The Hall–Kier alpha value is -2.28. The van der Waals surface area contributed by atoms with E-state index in [9.17, 15) is 9.59 Å². The number of amides is 2. The van der Waals surface area contributed by atoms with Gasteiger partial charge >= 0.3 is 0 Å². The number of ether oxygens (including phenoxy) is 3. The van der Waals surface area contributed by atoms with E-state index in [2.05, 4.69) is 5.32 Å². The second-order valence-corrected chi connectivity index (χ2v) is 5.35. The lowest BCUT2D eigenvalue weighted by Crippen LogP contribution is -2.33. The van der Waals surface area contributed by atoms with Crippen LogP contribution in [0.1, 0.15) is 6.42 Å². The van der Waals surface area contributed by atoms with E-state index in [-0.39, 0.29) is 31.1 Å². The highest BCUT2D eigenvalue weighted by atomic mass is 16.7. The summed E-state index contributed by atoms with van der Waals surface area (Å²) in [5, 5.41) is 2.77. The third kappa shape index (κ3) is 2.99. The number of anilines is 1. The molecule has 1 unspecified atom stereocenters. The molecule has 1 aromatic rings. The minimum atomic E-state index is -0.170. The van der Waals surface area contributed by atoms with Gasteiger partial charge in [0.2, 0.25) is 18.6 Å². The van der Waals surface area contributed by atoms with E-state index in [0.717, 1.165) is 5.69 Å². The van der Waals surface area contributed by atoms with Crippen LogP contribution in [0, 0.1) is 5.92 Å². The lowest BCUT2D eigenvalue weighted by molar-refractivity contribution is -0.125. The summed E-state index contributed by atoms with van der Waals surface area (Å²) in [6, 6.07) is 5.46. The fraction of sp³-hybridized carbons (Fsp3) is 0.467. The van der Waals surface area contributed by atoms with Gasteiger partial charge in [0.15, 0.2) is 11.5 Å². The molecular weight excluding hydrogens is 288 g/mol. The molecule has 1 N–H and O–H groups in total. The monoisotopic (exact) mass is 306 g/mol. The highest BCUT2D eigenvalue weighted by Gasteiger charge is 2.31. The van der Waals surface area contributed by atoms with E-state index in [1.807, 2.05) is 12.1 Å². The van der Waals surface area contributed by atoms with Gasteiger partial charge in [0.25, 0.3) is 0 Å². The van der Waals surface area contributed by atoms with Crippen LogP contribution in [0.5, 0.6) is 11.5 Å². The topological polar surface area (TPSA) is 77.1 Å². The number of hydrogen-bond acceptors (Lipinski definition) is 5. The van der Waals surface area contributed by atoms with Crippen molar-refractivity contribution in [2.75, 3.05) is 38.5 Å². The van der Waals surface area contributed by atoms with E-state index in [0.29, 0.717) is 31.0 Å². The second kappa shape index (κ2) is 6.23. The Morgan fingerprint density at radius 2 is 2.23 bits per heavy atom. The quantitative estimate of drug-likeness (QED) is 0.859. The summed E-state index contributed by atoms with van der Waals surface area (Å²) in [6.45, 7) is 1.29. The molecule has 2 aliphatic heterocycles. The summed E-state index contributed by atoms with van der Waals surface area (Å²) >= 11 is 0. The van der Waals surface area contributed by atoms with E-state index < -0.39 is 0 Å². The fourth-order valence-electron chi connectivity index (χ4n) is 2.66. The van der Waals surface area contributed by atoms with Gasteiger partial charge in [-0.1, -0.05) is 0 Å². The maximum Gasteiger partial charge on any atom is 0.245 e. The first-order valence-corrected chi connectivity index (χ1v) is 7.13. The summed E-state index contributed by atoms with van der Waals surface area (Å²) in [4.78, 5) is 25.3. The van der Waals surface area contributed by atoms with Crippen molar-refractivity contribution in [2.45, 2.75) is 6.42 Å². The largest absolute Gasteiger partial charge is 0.454 e. The molecule has 7 nitrogen and oxygen atoms in total. The van der Waals surface area contributed by atoms with Crippen molar-refractivity contribution in [3.63, 3.8) is 0 Å². The van der Waals surface area contributed by atoms with Crippen LogP contribution in [0.3, 0.4) is 0 Å². The van der Waals surface area contributed by atoms with Gasteiger partial charge in [0.1, 0.15) is 6.61 Å². The van der Waals surface area contributed by atoms with Crippen LogP contribution in [0.25, 0.3) is 0 Å². The zero-order chi connectivity index (χ0) is 15.5. The summed E-state index contributed by atoms with van der Waals surface area (Å²) in [7, 11) is 1.47. The van der Waals surface area contributed by atoms with Crippen molar-refractivity contribution in [2.24, 2.45) is 5.92 Å². The van der Waals surface area contributed by atoms with Crippen LogP contribution >= 0.6 is 0 Å². The van der Waals surface area contributed by atoms with Crippen molar-refractivity contribution in [3.05, 3.63) is 18.2 Å². The molecule has 0 saturated carbocycles. The molecule has 118 valence electrons. The first-order valence-electron chi connectivity index (χ1n) is 7.13. The Morgan fingerprint density at radius 3 is 3.05 bits per heavy atom. The Labute approximate surface area is 128 Å². The maximum atomic E-state index is 12.2. The molecule has 1 fully saturated rings. The average Bonchev–Trinajstić information content (AvgIpc) is 3.11. The van der Waals surface area contributed by atoms with Crippen molar-refractivity contribution < 1.29 is 23.8 Å². The molecule has 0 bridgehead atoms. The van der Waals surface area contributed by atoms with E-state index >= 15 is 0 Å². The number of nitrogens with zero attached hydrogens (tertiary/aromatic N) is 1. The number of hydrogen-bond donors (Lipinski definition) is 1. The van der Waals surface area contributed by atoms with Crippen molar-refractivity contribution in [3.8, 4) is 11.5 Å². The van der Waals surface area contributed by atoms with Crippen LogP contribution in [0.4, 0.5) is 5.69 Å². The molecule has 0 spiro atoms. The molecule has 2 aliphatic rings. The summed E-state index contributed by atoms with van der Waals surface area (Å²) in [5.74, 6) is 1.32. The standard InChI is InChI=1S/C15H18N2O5/c1-20-8-14(18)16-6-10-4-15(19)17(7-10)11-2-3-12-13(5-11)22-9-21-12/h2-3,5,10H,4,6-9H2,1H3,(H,16,18). The number of benzene rings is 1. The molecule has 22 heavy (non-hydrogen) atoms. The molecule has 1 saturated heterocycles. The first kappa shape index (κ1) is 14.6. The van der Waals surface area contributed by atoms with Crippen LogP contribution in [-0.4, -0.2) is 45.4 Å². The number of methoxy groups -OCH3 is 1. The van der Waals surface area contributed by atoms with E-state index in [1.54, 1.807) is 11.0 Å². The second-order valence-electron chi connectivity index (χ2n) is 5.35. The zero-order valence-electron chi connectivity index (χ0n) is 12.3. The van der Waals surface area contributed by atoms with Crippen molar-refractivity contribution >= 4 is 17.5 Å². The smallest absolute Gasteiger partial charge is 0.245 e. The van der Waals surface area contributed by atoms with Crippen LogP contribution in [0.15, 0.2) is 18.2 Å². The highest BCUT2D eigenvalue weighted by molar-refractivity contribution is 5.96. The molecule has 1 aromatic carbocycles. The summed E-state index contributed by atoms with van der Waals surface area (Å²) < 4.78 is 15.4. The van der Waals surface area contributed by atoms with Gasteiger partial charge in [-0.2, -0.15) is 0 Å². The number of carbonyl (C=O) groups is 2. The Kier molecular flexibility index (Phi) is 4.15. The Bertz CT molecular complexity index is 589. The minimum Gasteiger partial charge on any atom is -0.454 e. The Morgan fingerprint density at radius 1 is 1.41 bits per heavy atom. The molecule has 2 amide bonds. The van der Waals surface area contributed by atoms with Gasteiger partial charge in [-0.3, -0.25) is 9.59 Å². The number of nitrogens with one attached hydrogen (secondary N) is 1. The van der Waals surface area contributed by atoms with Crippen LogP contribution in [-0.2, 0) is 14.3 Å². The highest BCUT2D eigenvalue weighted by Crippen LogP contribution is 2.37. The summed E-state index contributed by atoms with van der Waals surface area (Å²) in [5.41, 5.74) is 0.792. The molecule has 0 radical (unpaired) electrons. The SMILES string of the molecule is COCC(=O)NCC1CC(=O)N(c2ccc3c(c2)OCO3)C1. The van der Waals surface area contributed by atoms with Crippen LogP contribution < -0.4 is 19.7 Å². The maximum absolute atomic E-state index is 12.2. The minimum absolute atomic E-state index is 0.0343. The number of rotatable bonds is 5. The van der Waals surface area contributed by atoms with Crippen molar-refractivity contribution in [1.82, 2.24) is 5.32 Å². The molecule has 1 atom stereocenters. The molecule has 3 rings (SSSR count). The Balaban J connectivity index is 1.61. The van der Waals surface area contributed by atoms with Gasteiger partial charge in [0.05, 0.1) is 0 Å². The average molecular weight is 306 g/mol. The third-order valence-corrected chi connectivity index (χ3v) is 3.74. The fourth-order valence-corrected chi connectivity index (χ4v) is 2.66. The normalized spacial score (nSPS) is 19.6. The molecule has 2 heterocycles. The summed E-state index contributed by atoms with van der Waals surface area (Å²) in [6.07, 6.45) is 0.418.